The Morgan fingerprint density at radius 2 is 1.97 bits per heavy atom. The number of aromatic amines is 1. The van der Waals surface area contributed by atoms with Gasteiger partial charge in [-0.05, 0) is 36.2 Å². The quantitative estimate of drug-likeness (QED) is 0.657. The van der Waals surface area contributed by atoms with Gasteiger partial charge in [-0.2, -0.15) is 0 Å². The van der Waals surface area contributed by atoms with Gasteiger partial charge in [0.05, 0.1) is 15.9 Å². The van der Waals surface area contributed by atoms with E-state index in [1.54, 1.807) is 30.3 Å². The number of aromatic nitrogens is 2. The molecular weight excluding hydrogens is 398 g/mol. The molecule has 4 rings (SSSR count). The standard InChI is InChI=1S/C20H18ClN3O5/c21-14-9-12(10-16-18(14)29-8-7-28-16)5-6-22-17(25)11-24-15-4-2-1-3-13(15)19(26)23-20(24)27/h1-4,9-10H,5-8,11H2,(H,22,25)(H,23,26,27). The average Bonchev–Trinajstić information content (AvgIpc) is 2.71. The molecule has 1 aromatic heterocycles. The van der Waals surface area contributed by atoms with Gasteiger partial charge in [-0.1, -0.05) is 23.7 Å². The van der Waals surface area contributed by atoms with Gasteiger partial charge in [0.2, 0.25) is 5.91 Å². The Morgan fingerprint density at radius 1 is 1.17 bits per heavy atom. The lowest BCUT2D eigenvalue weighted by Crippen LogP contribution is -2.36. The van der Waals surface area contributed by atoms with Crippen molar-refractivity contribution in [1.82, 2.24) is 14.9 Å². The first-order valence-electron chi connectivity index (χ1n) is 9.09. The number of rotatable bonds is 5. The lowest BCUT2D eigenvalue weighted by molar-refractivity contribution is -0.121. The highest BCUT2D eigenvalue weighted by Gasteiger charge is 2.17. The number of benzene rings is 2. The third-order valence-electron chi connectivity index (χ3n) is 4.60. The zero-order valence-electron chi connectivity index (χ0n) is 15.4. The summed E-state index contributed by atoms with van der Waals surface area (Å²) in [6.45, 7) is 1.08. The first-order chi connectivity index (χ1) is 14.0. The van der Waals surface area contributed by atoms with Crippen molar-refractivity contribution in [1.29, 1.82) is 0 Å². The molecule has 0 bridgehead atoms. The largest absolute Gasteiger partial charge is 0.486 e. The molecule has 3 aromatic rings. The number of H-pyrrole nitrogens is 1. The number of hydrogen-bond acceptors (Lipinski definition) is 5. The molecule has 0 spiro atoms. The minimum Gasteiger partial charge on any atom is -0.486 e. The zero-order valence-corrected chi connectivity index (χ0v) is 16.1. The number of nitrogens with one attached hydrogen (secondary N) is 2. The molecule has 0 saturated carbocycles. The Balaban J connectivity index is 1.43. The van der Waals surface area contributed by atoms with E-state index in [-0.39, 0.29) is 12.5 Å². The van der Waals surface area contributed by atoms with Crippen molar-refractivity contribution in [3.63, 3.8) is 0 Å². The number of halogens is 1. The number of fused-ring (bicyclic) bond motifs is 2. The van der Waals surface area contributed by atoms with Crippen molar-refractivity contribution < 1.29 is 14.3 Å². The van der Waals surface area contributed by atoms with Gasteiger partial charge in [0.25, 0.3) is 5.56 Å². The second-order valence-electron chi connectivity index (χ2n) is 6.56. The fourth-order valence-corrected chi connectivity index (χ4v) is 3.54. The number of nitrogens with zero attached hydrogens (tertiary/aromatic N) is 1. The van der Waals surface area contributed by atoms with Gasteiger partial charge in [0, 0.05) is 6.54 Å². The number of carbonyl (C=O) groups is 1. The van der Waals surface area contributed by atoms with Crippen molar-refractivity contribution in [2.75, 3.05) is 19.8 Å². The van der Waals surface area contributed by atoms with Crippen molar-refractivity contribution in [2.45, 2.75) is 13.0 Å². The molecule has 0 unspecified atom stereocenters. The molecule has 2 aromatic carbocycles. The summed E-state index contributed by atoms with van der Waals surface area (Å²) in [6, 6.07) is 10.3. The average molecular weight is 416 g/mol. The van der Waals surface area contributed by atoms with Crippen LogP contribution >= 0.6 is 11.6 Å². The van der Waals surface area contributed by atoms with E-state index < -0.39 is 11.2 Å². The van der Waals surface area contributed by atoms with Crippen molar-refractivity contribution in [3.05, 3.63) is 67.8 Å². The smallest absolute Gasteiger partial charge is 0.329 e. The predicted molar refractivity (Wildman–Crippen MR) is 108 cm³/mol. The molecule has 150 valence electrons. The molecule has 1 amide bonds. The van der Waals surface area contributed by atoms with Gasteiger partial charge in [-0.3, -0.25) is 19.1 Å². The number of hydrogen-bond donors (Lipinski definition) is 2. The molecule has 1 aliphatic rings. The van der Waals surface area contributed by atoms with Crippen LogP contribution in [0.4, 0.5) is 0 Å². The molecule has 9 heteroatoms. The summed E-state index contributed by atoms with van der Waals surface area (Å²) in [4.78, 5) is 38.6. The molecule has 0 aliphatic carbocycles. The van der Waals surface area contributed by atoms with E-state index in [9.17, 15) is 14.4 Å². The van der Waals surface area contributed by atoms with Crippen LogP contribution in [0.1, 0.15) is 5.56 Å². The van der Waals surface area contributed by atoms with Gasteiger partial charge < -0.3 is 14.8 Å². The summed E-state index contributed by atoms with van der Waals surface area (Å²) in [6.07, 6.45) is 0.531. The molecule has 8 nitrogen and oxygen atoms in total. The second-order valence-corrected chi connectivity index (χ2v) is 6.97. The molecular formula is C20H18ClN3O5. The highest BCUT2D eigenvalue weighted by molar-refractivity contribution is 6.32. The van der Waals surface area contributed by atoms with E-state index >= 15 is 0 Å². The first-order valence-corrected chi connectivity index (χ1v) is 9.47. The van der Waals surface area contributed by atoms with Crippen molar-refractivity contribution >= 4 is 28.4 Å². The van der Waals surface area contributed by atoms with Crippen molar-refractivity contribution in [2.24, 2.45) is 0 Å². The first kappa shape index (κ1) is 19.1. The van der Waals surface area contributed by atoms with E-state index in [2.05, 4.69) is 10.3 Å². The van der Waals surface area contributed by atoms with Crippen LogP contribution in [0.2, 0.25) is 5.02 Å². The van der Waals surface area contributed by atoms with Gasteiger partial charge in [-0.15, -0.1) is 0 Å². The summed E-state index contributed by atoms with van der Waals surface area (Å²) in [7, 11) is 0. The van der Waals surface area contributed by atoms with Crippen LogP contribution in [0.15, 0.2) is 46.0 Å². The zero-order chi connectivity index (χ0) is 20.4. The van der Waals surface area contributed by atoms with E-state index in [0.717, 1.165) is 5.56 Å². The van der Waals surface area contributed by atoms with Crippen LogP contribution in [0.3, 0.4) is 0 Å². The number of para-hydroxylation sites is 1. The molecule has 2 N–H and O–H groups in total. The predicted octanol–water partition coefficient (Wildman–Crippen LogP) is 1.47. The monoisotopic (exact) mass is 415 g/mol. The number of ether oxygens (including phenoxy) is 2. The minimum absolute atomic E-state index is 0.196. The van der Waals surface area contributed by atoms with Crippen molar-refractivity contribution in [3.8, 4) is 11.5 Å². The fourth-order valence-electron chi connectivity index (χ4n) is 3.25. The Kier molecular flexibility index (Phi) is 5.26. The minimum atomic E-state index is -0.623. The lowest BCUT2D eigenvalue weighted by atomic mass is 10.1. The van der Waals surface area contributed by atoms with E-state index in [0.29, 0.717) is 53.6 Å². The Bertz CT molecular complexity index is 1200. The Hall–Kier alpha value is -3.26. The summed E-state index contributed by atoms with van der Waals surface area (Å²) in [5.74, 6) is 0.791. The van der Waals surface area contributed by atoms with Crippen LogP contribution in [0.5, 0.6) is 11.5 Å². The van der Waals surface area contributed by atoms with Gasteiger partial charge in [0.15, 0.2) is 11.5 Å². The van der Waals surface area contributed by atoms with Crippen LogP contribution in [-0.4, -0.2) is 35.2 Å². The summed E-state index contributed by atoms with van der Waals surface area (Å²) < 4.78 is 12.3. The molecule has 29 heavy (non-hydrogen) atoms. The number of amides is 1. The lowest BCUT2D eigenvalue weighted by Gasteiger charge is -2.20. The van der Waals surface area contributed by atoms with Gasteiger partial charge >= 0.3 is 5.69 Å². The maximum Gasteiger partial charge on any atom is 0.329 e. The fraction of sp³-hybridized carbons (Fsp3) is 0.250. The molecule has 0 saturated heterocycles. The summed E-state index contributed by atoms with van der Waals surface area (Å²) in [5.41, 5.74) is 0.210. The molecule has 0 atom stereocenters. The third kappa shape index (κ3) is 3.97. The Morgan fingerprint density at radius 3 is 2.83 bits per heavy atom. The summed E-state index contributed by atoms with van der Waals surface area (Å²) in [5, 5.41) is 3.60. The topological polar surface area (TPSA) is 102 Å². The van der Waals surface area contributed by atoms with Crippen LogP contribution < -0.4 is 26.0 Å². The van der Waals surface area contributed by atoms with Crippen LogP contribution in [0, 0.1) is 0 Å². The van der Waals surface area contributed by atoms with Crippen LogP contribution in [-0.2, 0) is 17.8 Å². The molecule has 0 fully saturated rings. The summed E-state index contributed by atoms with van der Waals surface area (Å²) >= 11 is 6.22. The maximum absolute atomic E-state index is 12.3. The molecule has 1 aliphatic heterocycles. The van der Waals surface area contributed by atoms with E-state index in [1.807, 2.05) is 6.07 Å². The highest BCUT2D eigenvalue weighted by atomic mass is 35.5. The number of carbonyl (C=O) groups excluding carboxylic acids is 1. The molecule has 0 radical (unpaired) electrons. The van der Waals surface area contributed by atoms with E-state index in [4.69, 9.17) is 21.1 Å². The maximum atomic E-state index is 12.3. The Labute approximate surface area is 170 Å². The molecule has 2 heterocycles. The third-order valence-corrected chi connectivity index (χ3v) is 4.88. The van der Waals surface area contributed by atoms with Gasteiger partial charge in [0.1, 0.15) is 19.8 Å². The van der Waals surface area contributed by atoms with Gasteiger partial charge in [-0.25, -0.2) is 4.79 Å². The SMILES string of the molecule is O=C(Cn1c(=O)[nH]c(=O)c2ccccc21)NCCc1cc(Cl)c2c(c1)OCCO2. The highest BCUT2D eigenvalue weighted by Crippen LogP contribution is 2.38. The second kappa shape index (κ2) is 8.00. The van der Waals surface area contributed by atoms with E-state index in [1.165, 1.54) is 4.57 Å². The normalized spacial score (nSPS) is 12.7. The van der Waals surface area contributed by atoms with Crippen LogP contribution in [0.25, 0.3) is 10.9 Å².